The van der Waals surface area contributed by atoms with E-state index in [4.69, 9.17) is 9.47 Å². The summed E-state index contributed by atoms with van der Waals surface area (Å²) in [7, 11) is 0. The number of hydrogen-bond acceptors (Lipinski definition) is 6. The van der Waals surface area contributed by atoms with Crippen LogP contribution in [0.5, 0.6) is 5.88 Å². The first kappa shape index (κ1) is 18.7. The van der Waals surface area contributed by atoms with Crippen molar-refractivity contribution in [2.24, 2.45) is 0 Å². The van der Waals surface area contributed by atoms with Crippen LogP contribution in [-0.2, 0) is 11.3 Å². The lowest BCUT2D eigenvalue weighted by Gasteiger charge is -2.22. The van der Waals surface area contributed by atoms with Crippen LogP contribution in [0, 0.1) is 0 Å². The summed E-state index contributed by atoms with van der Waals surface area (Å²) in [5, 5.41) is 2.92. The fourth-order valence-electron chi connectivity index (χ4n) is 3.49. The lowest BCUT2D eigenvalue weighted by atomic mass is 10.1. The van der Waals surface area contributed by atoms with E-state index in [0.29, 0.717) is 18.0 Å². The van der Waals surface area contributed by atoms with Gasteiger partial charge in [0.15, 0.2) is 0 Å². The highest BCUT2D eigenvalue weighted by atomic mass is 16.5. The van der Waals surface area contributed by atoms with Crippen molar-refractivity contribution < 1.29 is 14.3 Å². The van der Waals surface area contributed by atoms with Gasteiger partial charge in [-0.2, -0.15) is 0 Å². The van der Waals surface area contributed by atoms with E-state index in [9.17, 15) is 4.79 Å². The minimum absolute atomic E-state index is 0.136. The Balaban J connectivity index is 1.27. The summed E-state index contributed by atoms with van der Waals surface area (Å²) in [4.78, 5) is 23.4. The summed E-state index contributed by atoms with van der Waals surface area (Å²) in [5.41, 5.74) is 1.49. The van der Waals surface area contributed by atoms with E-state index in [0.717, 1.165) is 50.5 Å². The molecule has 4 heterocycles. The molecule has 2 fully saturated rings. The molecule has 2 saturated heterocycles. The molecule has 148 valence electrons. The van der Waals surface area contributed by atoms with Crippen LogP contribution in [0.4, 0.5) is 5.82 Å². The maximum Gasteiger partial charge on any atom is 0.253 e. The Labute approximate surface area is 165 Å². The van der Waals surface area contributed by atoms with Crippen molar-refractivity contribution in [1.29, 1.82) is 0 Å². The molecule has 1 amide bonds. The Kier molecular flexibility index (Phi) is 6.01. The molecule has 2 aromatic rings. The van der Waals surface area contributed by atoms with E-state index in [2.05, 4.69) is 20.2 Å². The number of anilines is 1. The Bertz CT molecular complexity index is 767. The fourth-order valence-corrected chi connectivity index (χ4v) is 3.49. The van der Waals surface area contributed by atoms with Gasteiger partial charge in [0, 0.05) is 50.9 Å². The standard InChI is InChI=1S/C21H26N4O3/c26-21(17-4-6-20(23-15-17)28-18-7-11-27-12-8-18)24-14-16-3-5-19(22-13-16)25-9-1-2-10-25/h3-6,13,15,18H,1-2,7-12,14H2,(H,24,26). The molecule has 0 aromatic carbocycles. The Morgan fingerprint density at radius 3 is 2.61 bits per heavy atom. The highest BCUT2D eigenvalue weighted by molar-refractivity contribution is 5.93. The quantitative estimate of drug-likeness (QED) is 0.828. The lowest BCUT2D eigenvalue weighted by Crippen LogP contribution is -2.26. The van der Waals surface area contributed by atoms with Gasteiger partial charge in [-0.3, -0.25) is 4.79 Å². The molecule has 0 aliphatic carbocycles. The van der Waals surface area contributed by atoms with Gasteiger partial charge in [-0.05, 0) is 30.5 Å². The number of aromatic nitrogens is 2. The second-order valence-corrected chi connectivity index (χ2v) is 7.22. The molecule has 28 heavy (non-hydrogen) atoms. The van der Waals surface area contributed by atoms with Gasteiger partial charge in [0.25, 0.3) is 5.91 Å². The average molecular weight is 382 g/mol. The van der Waals surface area contributed by atoms with Gasteiger partial charge in [0.2, 0.25) is 5.88 Å². The van der Waals surface area contributed by atoms with Crippen molar-refractivity contribution in [3.05, 3.63) is 47.8 Å². The monoisotopic (exact) mass is 382 g/mol. The number of hydrogen-bond donors (Lipinski definition) is 1. The number of rotatable bonds is 6. The molecule has 4 rings (SSSR count). The molecule has 7 nitrogen and oxygen atoms in total. The van der Waals surface area contributed by atoms with E-state index in [1.165, 1.54) is 12.8 Å². The van der Waals surface area contributed by atoms with Crippen LogP contribution < -0.4 is 15.0 Å². The van der Waals surface area contributed by atoms with E-state index in [1.54, 1.807) is 18.3 Å². The number of nitrogens with zero attached hydrogens (tertiary/aromatic N) is 3. The topological polar surface area (TPSA) is 76.6 Å². The van der Waals surface area contributed by atoms with Crippen molar-refractivity contribution >= 4 is 11.7 Å². The number of ether oxygens (including phenoxy) is 2. The van der Waals surface area contributed by atoms with Gasteiger partial charge in [0.1, 0.15) is 11.9 Å². The highest BCUT2D eigenvalue weighted by Crippen LogP contribution is 2.18. The van der Waals surface area contributed by atoms with Crippen molar-refractivity contribution in [3.63, 3.8) is 0 Å². The van der Waals surface area contributed by atoms with Gasteiger partial charge >= 0.3 is 0 Å². The zero-order valence-corrected chi connectivity index (χ0v) is 16.0. The van der Waals surface area contributed by atoms with E-state index in [1.807, 2.05) is 18.3 Å². The third-order valence-corrected chi connectivity index (χ3v) is 5.15. The Morgan fingerprint density at radius 2 is 1.93 bits per heavy atom. The second kappa shape index (κ2) is 9.01. The fraction of sp³-hybridized carbons (Fsp3) is 0.476. The van der Waals surface area contributed by atoms with E-state index >= 15 is 0 Å². The number of carbonyl (C=O) groups excluding carboxylic acids is 1. The summed E-state index contributed by atoms with van der Waals surface area (Å²) in [6.07, 6.45) is 7.72. The first-order valence-electron chi connectivity index (χ1n) is 9.96. The van der Waals surface area contributed by atoms with Crippen LogP contribution in [0.2, 0.25) is 0 Å². The van der Waals surface area contributed by atoms with Gasteiger partial charge in [-0.25, -0.2) is 9.97 Å². The molecular weight excluding hydrogens is 356 g/mol. The molecule has 0 unspecified atom stereocenters. The molecule has 1 N–H and O–H groups in total. The lowest BCUT2D eigenvalue weighted by molar-refractivity contribution is 0.0237. The molecular formula is C21H26N4O3. The zero-order chi connectivity index (χ0) is 19.2. The zero-order valence-electron chi connectivity index (χ0n) is 16.0. The molecule has 0 radical (unpaired) electrons. The first-order chi connectivity index (χ1) is 13.8. The van der Waals surface area contributed by atoms with Crippen molar-refractivity contribution in [1.82, 2.24) is 15.3 Å². The van der Waals surface area contributed by atoms with Crippen molar-refractivity contribution in [3.8, 4) is 5.88 Å². The van der Waals surface area contributed by atoms with Gasteiger partial charge < -0.3 is 19.7 Å². The second-order valence-electron chi connectivity index (χ2n) is 7.22. The maximum atomic E-state index is 12.4. The number of pyridine rings is 2. The van der Waals surface area contributed by atoms with Crippen LogP contribution in [0.15, 0.2) is 36.7 Å². The van der Waals surface area contributed by atoms with Crippen LogP contribution >= 0.6 is 0 Å². The van der Waals surface area contributed by atoms with Crippen molar-refractivity contribution in [2.45, 2.75) is 38.3 Å². The normalized spacial score (nSPS) is 17.5. The van der Waals surface area contributed by atoms with Gasteiger partial charge in [0.05, 0.1) is 18.8 Å². The SMILES string of the molecule is O=C(NCc1ccc(N2CCCC2)nc1)c1ccc(OC2CCOCC2)nc1. The smallest absolute Gasteiger partial charge is 0.253 e. The largest absolute Gasteiger partial charge is 0.474 e. The third-order valence-electron chi connectivity index (χ3n) is 5.15. The number of carbonyl (C=O) groups is 1. The maximum absolute atomic E-state index is 12.4. The minimum atomic E-state index is -0.159. The van der Waals surface area contributed by atoms with Crippen LogP contribution in [0.3, 0.4) is 0 Å². The number of nitrogens with one attached hydrogen (secondary N) is 1. The summed E-state index contributed by atoms with van der Waals surface area (Å²) in [6.45, 7) is 4.03. The molecule has 2 aromatic heterocycles. The average Bonchev–Trinajstić information content (AvgIpc) is 3.29. The van der Waals surface area contributed by atoms with Crippen LogP contribution in [-0.4, -0.2) is 48.3 Å². The van der Waals surface area contributed by atoms with E-state index < -0.39 is 0 Å². The summed E-state index contributed by atoms with van der Waals surface area (Å²) in [5.74, 6) is 1.40. The van der Waals surface area contributed by atoms with E-state index in [-0.39, 0.29) is 12.0 Å². The van der Waals surface area contributed by atoms with Crippen molar-refractivity contribution in [2.75, 3.05) is 31.2 Å². The summed E-state index contributed by atoms with van der Waals surface area (Å²) < 4.78 is 11.2. The molecule has 2 aliphatic heterocycles. The van der Waals surface area contributed by atoms with Crippen LogP contribution in [0.25, 0.3) is 0 Å². The van der Waals surface area contributed by atoms with Gasteiger partial charge in [-0.1, -0.05) is 6.07 Å². The molecule has 0 bridgehead atoms. The number of amides is 1. The summed E-state index contributed by atoms with van der Waals surface area (Å²) in [6, 6.07) is 7.53. The summed E-state index contributed by atoms with van der Waals surface area (Å²) >= 11 is 0. The van der Waals surface area contributed by atoms with Gasteiger partial charge in [-0.15, -0.1) is 0 Å². The Hall–Kier alpha value is -2.67. The molecule has 0 saturated carbocycles. The predicted octanol–water partition coefficient (Wildman–Crippen LogP) is 2.56. The van der Waals surface area contributed by atoms with Crippen LogP contribution in [0.1, 0.15) is 41.6 Å². The molecule has 0 atom stereocenters. The molecule has 2 aliphatic rings. The molecule has 7 heteroatoms. The Morgan fingerprint density at radius 1 is 1.11 bits per heavy atom. The minimum Gasteiger partial charge on any atom is -0.474 e. The highest BCUT2D eigenvalue weighted by Gasteiger charge is 2.16. The first-order valence-corrected chi connectivity index (χ1v) is 9.96. The third kappa shape index (κ3) is 4.78. The molecule has 0 spiro atoms. The predicted molar refractivity (Wildman–Crippen MR) is 106 cm³/mol.